The summed E-state index contributed by atoms with van der Waals surface area (Å²) in [5, 5.41) is 15.0. The third kappa shape index (κ3) is 4.89. The molecule has 1 aliphatic carbocycles. The Morgan fingerprint density at radius 3 is 2.50 bits per heavy atom. The predicted octanol–water partition coefficient (Wildman–Crippen LogP) is 2.46. The molecule has 1 saturated carbocycles. The van der Waals surface area contributed by atoms with Crippen LogP contribution in [0.3, 0.4) is 0 Å². The Hall–Kier alpha value is -0.910. The van der Waals surface area contributed by atoms with E-state index in [1.165, 1.54) is 0 Å². The normalized spacial score (nSPS) is 27.6. The molecular weight excluding hydrogens is 276 g/mol. The summed E-state index contributed by atoms with van der Waals surface area (Å²) in [7, 11) is 0. The van der Waals surface area contributed by atoms with E-state index in [-0.39, 0.29) is 12.1 Å². The summed E-state index contributed by atoms with van der Waals surface area (Å²) in [5.74, 6) is 0.590. The molecular formula is C14H26N2O3S. The molecule has 0 radical (unpaired) electrons. The minimum Gasteiger partial charge on any atom is -0.480 e. The van der Waals surface area contributed by atoms with Gasteiger partial charge in [0.15, 0.2) is 0 Å². The molecule has 1 fully saturated rings. The van der Waals surface area contributed by atoms with Crippen molar-refractivity contribution in [3.63, 3.8) is 0 Å². The summed E-state index contributed by atoms with van der Waals surface area (Å²) in [4.78, 5) is 23.5. The highest BCUT2D eigenvalue weighted by Gasteiger charge is 2.42. The Labute approximate surface area is 125 Å². The fourth-order valence-corrected chi connectivity index (χ4v) is 3.08. The highest BCUT2D eigenvalue weighted by atomic mass is 32.2. The second-order valence-corrected chi connectivity index (χ2v) is 6.84. The van der Waals surface area contributed by atoms with Crippen LogP contribution in [0.5, 0.6) is 0 Å². The van der Waals surface area contributed by atoms with Gasteiger partial charge in [-0.25, -0.2) is 9.59 Å². The Morgan fingerprint density at radius 2 is 2.00 bits per heavy atom. The summed E-state index contributed by atoms with van der Waals surface area (Å²) in [6, 6.07) is -0.314. The van der Waals surface area contributed by atoms with Crippen molar-refractivity contribution in [1.82, 2.24) is 10.6 Å². The number of hydrogen-bond acceptors (Lipinski definition) is 3. The number of carboxylic acids is 1. The lowest BCUT2D eigenvalue weighted by Crippen LogP contribution is -2.59. The first-order chi connectivity index (χ1) is 9.39. The molecule has 0 aromatic heterocycles. The minimum atomic E-state index is -1.09. The highest BCUT2D eigenvalue weighted by molar-refractivity contribution is 7.98. The van der Waals surface area contributed by atoms with E-state index in [4.69, 9.17) is 0 Å². The van der Waals surface area contributed by atoms with E-state index in [1.54, 1.807) is 11.8 Å². The van der Waals surface area contributed by atoms with E-state index in [1.807, 2.05) is 13.2 Å². The van der Waals surface area contributed by atoms with Gasteiger partial charge in [0.1, 0.15) is 5.54 Å². The van der Waals surface area contributed by atoms with E-state index < -0.39 is 11.5 Å². The van der Waals surface area contributed by atoms with E-state index in [9.17, 15) is 14.7 Å². The summed E-state index contributed by atoms with van der Waals surface area (Å²) in [5.41, 5.74) is -1.09. The molecule has 0 aliphatic heterocycles. The first-order valence-electron chi connectivity index (χ1n) is 7.20. The van der Waals surface area contributed by atoms with Gasteiger partial charge in [0.25, 0.3) is 0 Å². The van der Waals surface area contributed by atoms with Gasteiger partial charge in [-0.2, -0.15) is 11.8 Å². The number of rotatable bonds is 6. The van der Waals surface area contributed by atoms with Crippen molar-refractivity contribution in [2.45, 2.75) is 57.5 Å². The summed E-state index contributed by atoms with van der Waals surface area (Å²) in [6.45, 7) is 4.06. The summed E-state index contributed by atoms with van der Waals surface area (Å²) < 4.78 is 0. The van der Waals surface area contributed by atoms with Crippen LogP contribution in [0.25, 0.3) is 0 Å². The number of carboxylic acid groups (broad SMARTS) is 1. The average molecular weight is 302 g/mol. The smallest absolute Gasteiger partial charge is 0.329 e. The van der Waals surface area contributed by atoms with Crippen LogP contribution < -0.4 is 10.6 Å². The van der Waals surface area contributed by atoms with Gasteiger partial charge in [-0.1, -0.05) is 6.92 Å². The van der Waals surface area contributed by atoms with E-state index >= 15 is 0 Å². The largest absolute Gasteiger partial charge is 0.480 e. The Bertz CT molecular complexity index is 341. The zero-order chi connectivity index (χ0) is 15.2. The fraction of sp³-hybridized carbons (Fsp3) is 0.857. The van der Waals surface area contributed by atoms with Gasteiger partial charge in [-0.15, -0.1) is 0 Å². The molecule has 0 aromatic carbocycles. The fourth-order valence-electron chi connectivity index (χ4n) is 2.49. The average Bonchev–Trinajstić information content (AvgIpc) is 2.39. The maximum absolute atomic E-state index is 12.0. The topological polar surface area (TPSA) is 78.4 Å². The van der Waals surface area contributed by atoms with Crippen LogP contribution in [-0.2, 0) is 4.79 Å². The van der Waals surface area contributed by atoms with E-state index in [0.717, 1.165) is 25.0 Å². The molecule has 116 valence electrons. The van der Waals surface area contributed by atoms with Crippen molar-refractivity contribution in [2.75, 3.05) is 12.0 Å². The monoisotopic (exact) mass is 302 g/mol. The van der Waals surface area contributed by atoms with Gasteiger partial charge in [0.2, 0.25) is 0 Å². The standard InChI is InChI=1S/C14H26N2O3S/c1-10-4-7-14(8-5-10,12(17)18)16-13(19)15-11(2)6-9-20-3/h10-11H,4-9H2,1-3H3,(H,17,18)(H2,15,16,19). The van der Waals surface area contributed by atoms with Gasteiger partial charge >= 0.3 is 12.0 Å². The maximum atomic E-state index is 12.0. The molecule has 0 bridgehead atoms. The summed E-state index contributed by atoms with van der Waals surface area (Å²) in [6.07, 6.45) is 5.61. The molecule has 0 heterocycles. The lowest BCUT2D eigenvalue weighted by molar-refractivity contribution is -0.146. The van der Waals surface area contributed by atoms with Gasteiger partial charge in [0, 0.05) is 6.04 Å². The molecule has 0 saturated heterocycles. The molecule has 2 amide bonds. The number of carbonyl (C=O) groups excluding carboxylic acids is 1. The number of hydrogen-bond donors (Lipinski definition) is 3. The van der Waals surface area contributed by atoms with Crippen molar-refractivity contribution in [2.24, 2.45) is 5.92 Å². The molecule has 1 rings (SSSR count). The van der Waals surface area contributed by atoms with Crippen LogP contribution in [0.4, 0.5) is 4.79 Å². The van der Waals surface area contributed by atoms with Crippen LogP contribution in [0.1, 0.15) is 46.0 Å². The van der Waals surface area contributed by atoms with Crippen LogP contribution >= 0.6 is 11.8 Å². The third-order valence-corrected chi connectivity index (χ3v) is 4.67. The van der Waals surface area contributed by atoms with Crippen LogP contribution in [0, 0.1) is 5.92 Å². The lowest BCUT2D eigenvalue weighted by atomic mass is 9.77. The molecule has 5 nitrogen and oxygen atoms in total. The molecule has 3 N–H and O–H groups in total. The zero-order valence-corrected chi connectivity index (χ0v) is 13.4. The van der Waals surface area contributed by atoms with Gasteiger partial charge in [-0.3, -0.25) is 0 Å². The van der Waals surface area contributed by atoms with Gasteiger partial charge < -0.3 is 15.7 Å². The number of urea groups is 1. The number of amides is 2. The first kappa shape index (κ1) is 17.1. The molecule has 20 heavy (non-hydrogen) atoms. The third-order valence-electron chi connectivity index (χ3n) is 4.02. The second kappa shape index (κ2) is 7.76. The van der Waals surface area contributed by atoms with Crippen molar-refractivity contribution < 1.29 is 14.7 Å². The van der Waals surface area contributed by atoms with Crippen LogP contribution in [0.15, 0.2) is 0 Å². The molecule has 0 aromatic rings. The SMILES string of the molecule is CSCCC(C)NC(=O)NC1(C(=O)O)CCC(C)CC1. The van der Waals surface area contributed by atoms with Crippen LogP contribution in [-0.4, -0.2) is 40.7 Å². The molecule has 6 heteroatoms. The zero-order valence-electron chi connectivity index (χ0n) is 12.6. The lowest BCUT2D eigenvalue weighted by Gasteiger charge is -2.36. The summed E-state index contributed by atoms with van der Waals surface area (Å²) >= 11 is 1.73. The van der Waals surface area contributed by atoms with Crippen molar-refractivity contribution in [3.05, 3.63) is 0 Å². The molecule has 1 atom stereocenters. The van der Waals surface area contributed by atoms with Gasteiger partial charge in [0.05, 0.1) is 0 Å². The number of aliphatic carboxylic acids is 1. The minimum absolute atomic E-state index is 0.0517. The first-order valence-corrected chi connectivity index (χ1v) is 8.60. The number of thioether (sulfide) groups is 1. The van der Waals surface area contributed by atoms with Crippen molar-refractivity contribution >= 4 is 23.8 Å². The number of nitrogens with one attached hydrogen (secondary N) is 2. The van der Waals surface area contributed by atoms with E-state index in [0.29, 0.717) is 18.8 Å². The molecule has 1 unspecified atom stereocenters. The van der Waals surface area contributed by atoms with Crippen LogP contribution in [0.2, 0.25) is 0 Å². The Kier molecular flexibility index (Phi) is 6.65. The van der Waals surface area contributed by atoms with Crippen molar-refractivity contribution in [1.29, 1.82) is 0 Å². The van der Waals surface area contributed by atoms with Gasteiger partial charge in [-0.05, 0) is 57.0 Å². The van der Waals surface area contributed by atoms with Crippen molar-refractivity contribution in [3.8, 4) is 0 Å². The Morgan fingerprint density at radius 1 is 1.40 bits per heavy atom. The molecule has 1 aliphatic rings. The van der Waals surface area contributed by atoms with E-state index in [2.05, 4.69) is 17.6 Å². The highest BCUT2D eigenvalue weighted by Crippen LogP contribution is 2.32. The second-order valence-electron chi connectivity index (χ2n) is 5.85. The predicted molar refractivity (Wildman–Crippen MR) is 82.1 cm³/mol. The number of carbonyl (C=O) groups is 2. The quantitative estimate of drug-likeness (QED) is 0.704. The molecule has 0 spiro atoms. The Balaban J connectivity index is 2.54. The maximum Gasteiger partial charge on any atom is 0.329 e.